The van der Waals surface area contributed by atoms with E-state index in [9.17, 15) is 9.90 Å². The summed E-state index contributed by atoms with van der Waals surface area (Å²) in [6, 6.07) is 4.13. The predicted molar refractivity (Wildman–Crippen MR) is 73.4 cm³/mol. The number of nitrogens with zero attached hydrogens (tertiary/aromatic N) is 1. The highest BCUT2D eigenvalue weighted by Gasteiger charge is 2.14. The van der Waals surface area contributed by atoms with Crippen molar-refractivity contribution < 1.29 is 9.90 Å². The van der Waals surface area contributed by atoms with Gasteiger partial charge in [-0.1, -0.05) is 6.92 Å². The van der Waals surface area contributed by atoms with Crippen LogP contribution in [0.15, 0.2) is 18.3 Å². The highest BCUT2D eigenvalue weighted by atomic mass is 16.4. The summed E-state index contributed by atoms with van der Waals surface area (Å²) in [7, 11) is 0. The number of carbonyl (C=O) groups is 1. The SMILES string of the molecule is CCc1cn(C(C)C)c2cc(C(=O)O)c(C)cc12. The van der Waals surface area contributed by atoms with Crippen molar-refractivity contribution in [3.05, 3.63) is 35.0 Å². The number of benzene rings is 1. The first-order valence-corrected chi connectivity index (χ1v) is 6.33. The number of aryl methyl sites for hydroxylation is 2. The molecule has 0 saturated carbocycles. The maximum Gasteiger partial charge on any atom is 0.336 e. The number of carboxylic acids is 1. The summed E-state index contributed by atoms with van der Waals surface area (Å²) >= 11 is 0. The van der Waals surface area contributed by atoms with Crippen LogP contribution < -0.4 is 0 Å². The first-order valence-electron chi connectivity index (χ1n) is 6.33. The molecule has 2 rings (SSSR count). The van der Waals surface area contributed by atoms with E-state index in [1.165, 1.54) is 10.9 Å². The van der Waals surface area contributed by atoms with Gasteiger partial charge in [0.2, 0.25) is 0 Å². The van der Waals surface area contributed by atoms with E-state index in [2.05, 4.69) is 31.5 Å². The van der Waals surface area contributed by atoms with Gasteiger partial charge in [-0.15, -0.1) is 0 Å². The molecule has 96 valence electrons. The number of hydrogen-bond acceptors (Lipinski definition) is 1. The lowest BCUT2D eigenvalue weighted by atomic mass is 10.0. The van der Waals surface area contributed by atoms with Gasteiger partial charge in [0.05, 0.1) is 5.56 Å². The third kappa shape index (κ3) is 1.90. The Hall–Kier alpha value is -1.77. The Morgan fingerprint density at radius 1 is 1.39 bits per heavy atom. The fourth-order valence-electron chi connectivity index (χ4n) is 2.41. The Morgan fingerprint density at radius 2 is 2.06 bits per heavy atom. The second kappa shape index (κ2) is 4.48. The summed E-state index contributed by atoms with van der Waals surface area (Å²) < 4.78 is 2.15. The summed E-state index contributed by atoms with van der Waals surface area (Å²) in [6.45, 7) is 8.20. The van der Waals surface area contributed by atoms with Crippen molar-refractivity contribution >= 4 is 16.9 Å². The summed E-state index contributed by atoms with van der Waals surface area (Å²) in [5, 5.41) is 10.4. The number of carboxylic acid groups (broad SMARTS) is 1. The van der Waals surface area contributed by atoms with E-state index in [4.69, 9.17) is 0 Å². The van der Waals surface area contributed by atoms with Crippen molar-refractivity contribution in [2.24, 2.45) is 0 Å². The van der Waals surface area contributed by atoms with Crippen LogP contribution in [0.4, 0.5) is 0 Å². The van der Waals surface area contributed by atoms with Gasteiger partial charge < -0.3 is 9.67 Å². The van der Waals surface area contributed by atoms with Crippen LogP contribution in [0.25, 0.3) is 10.9 Å². The number of aromatic nitrogens is 1. The zero-order chi connectivity index (χ0) is 13.4. The molecule has 18 heavy (non-hydrogen) atoms. The first-order chi connectivity index (χ1) is 8.45. The van der Waals surface area contributed by atoms with Gasteiger partial charge in [-0.2, -0.15) is 0 Å². The van der Waals surface area contributed by atoms with E-state index in [1.54, 1.807) is 6.07 Å². The van der Waals surface area contributed by atoms with E-state index in [-0.39, 0.29) is 0 Å². The van der Waals surface area contributed by atoms with Crippen molar-refractivity contribution in [3.8, 4) is 0 Å². The Labute approximate surface area is 107 Å². The molecule has 0 aliphatic heterocycles. The summed E-state index contributed by atoms with van der Waals surface area (Å²) in [6.07, 6.45) is 3.10. The Kier molecular flexibility index (Phi) is 3.16. The highest BCUT2D eigenvalue weighted by molar-refractivity contribution is 5.96. The van der Waals surface area contributed by atoms with Crippen molar-refractivity contribution in [2.45, 2.75) is 40.2 Å². The lowest BCUT2D eigenvalue weighted by Gasteiger charge is -2.10. The van der Waals surface area contributed by atoms with E-state index in [0.717, 1.165) is 17.5 Å². The molecule has 0 amide bonds. The molecule has 0 fully saturated rings. The number of fused-ring (bicyclic) bond motifs is 1. The molecular formula is C15H19NO2. The third-order valence-electron chi connectivity index (χ3n) is 3.43. The average Bonchev–Trinajstić information content (AvgIpc) is 2.65. The summed E-state index contributed by atoms with van der Waals surface area (Å²) in [4.78, 5) is 11.2. The van der Waals surface area contributed by atoms with Crippen LogP contribution in [0, 0.1) is 6.92 Å². The van der Waals surface area contributed by atoms with Crippen LogP contribution in [0.1, 0.15) is 48.3 Å². The standard InChI is InChI=1S/C15H19NO2/c1-5-11-8-16(9(2)3)14-7-12(15(17)18)10(4)6-13(11)14/h6-9H,5H2,1-4H3,(H,17,18). The van der Waals surface area contributed by atoms with Crippen LogP contribution in [-0.2, 0) is 6.42 Å². The van der Waals surface area contributed by atoms with Gasteiger partial charge in [0.15, 0.2) is 0 Å². The molecular weight excluding hydrogens is 226 g/mol. The molecule has 3 nitrogen and oxygen atoms in total. The van der Waals surface area contributed by atoms with E-state index < -0.39 is 5.97 Å². The van der Waals surface area contributed by atoms with Crippen molar-refractivity contribution in [3.63, 3.8) is 0 Å². The highest BCUT2D eigenvalue weighted by Crippen LogP contribution is 2.28. The Bertz CT molecular complexity index is 608. The Balaban J connectivity index is 2.81. The largest absolute Gasteiger partial charge is 0.478 e. The number of hydrogen-bond donors (Lipinski definition) is 1. The van der Waals surface area contributed by atoms with Gasteiger partial charge in [0.25, 0.3) is 0 Å². The van der Waals surface area contributed by atoms with Gasteiger partial charge in [0, 0.05) is 23.1 Å². The molecule has 1 heterocycles. The molecule has 0 atom stereocenters. The summed E-state index contributed by atoms with van der Waals surface area (Å²) in [5.74, 6) is -0.857. The zero-order valence-corrected chi connectivity index (χ0v) is 11.3. The van der Waals surface area contributed by atoms with E-state index >= 15 is 0 Å². The molecule has 2 aromatic rings. The monoisotopic (exact) mass is 245 g/mol. The van der Waals surface area contributed by atoms with E-state index in [1.807, 2.05) is 13.0 Å². The topological polar surface area (TPSA) is 42.2 Å². The molecule has 0 aliphatic carbocycles. The molecule has 1 N–H and O–H groups in total. The summed E-state index contributed by atoms with van der Waals surface area (Å²) in [5.41, 5.74) is 3.51. The molecule has 1 aromatic carbocycles. The molecule has 0 aliphatic rings. The van der Waals surface area contributed by atoms with Crippen LogP contribution in [0.5, 0.6) is 0 Å². The maximum absolute atomic E-state index is 11.2. The van der Waals surface area contributed by atoms with Crippen LogP contribution in [0.3, 0.4) is 0 Å². The van der Waals surface area contributed by atoms with Crippen LogP contribution >= 0.6 is 0 Å². The second-order valence-electron chi connectivity index (χ2n) is 5.00. The molecule has 0 unspecified atom stereocenters. The molecule has 0 bridgehead atoms. The second-order valence-corrected chi connectivity index (χ2v) is 5.00. The molecule has 3 heteroatoms. The van der Waals surface area contributed by atoms with Crippen molar-refractivity contribution in [1.29, 1.82) is 0 Å². The van der Waals surface area contributed by atoms with Gasteiger partial charge >= 0.3 is 5.97 Å². The normalized spacial score (nSPS) is 11.4. The quantitative estimate of drug-likeness (QED) is 0.893. The van der Waals surface area contributed by atoms with Crippen LogP contribution in [0.2, 0.25) is 0 Å². The average molecular weight is 245 g/mol. The predicted octanol–water partition coefficient (Wildman–Crippen LogP) is 3.79. The van der Waals surface area contributed by atoms with Gasteiger partial charge in [0.1, 0.15) is 0 Å². The molecule has 0 saturated heterocycles. The minimum atomic E-state index is -0.857. The Morgan fingerprint density at radius 3 is 2.56 bits per heavy atom. The van der Waals surface area contributed by atoms with Gasteiger partial charge in [-0.3, -0.25) is 0 Å². The van der Waals surface area contributed by atoms with Gasteiger partial charge in [-0.05, 0) is 50.5 Å². The van der Waals surface area contributed by atoms with Gasteiger partial charge in [-0.25, -0.2) is 4.79 Å². The minimum Gasteiger partial charge on any atom is -0.478 e. The number of aromatic carboxylic acids is 1. The molecule has 0 radical (unpaired) electrons. The zero-order valence-electron chi connectivity index (χ0n) is 11.3. The first kappa shape index (κ1) is 12.7. The smallest absolute Gasteiger partial charge is 0.336 e. The molecule has 1 aromatic heterocycles. The third-order valence-corrected chi connectivity index (χ3v) is 3.43. The van der Waals surface area contributed by atoms with Crippen LogP contribution in [-0.4, -0.2) is 15.6 Å². The van der Waals surface area contributed by atoms with Crippen molar-refractivity contribution in [1.82, 2.24) is 4.57 Å². The fourth-order valence-corrected chi connectivity index (χ4v) is 2.41. The lowest BCUT2D eigenvalue weighted by Crippen LogP contribution is -2.02. The minimum absolute atomic E-state index is 0.331. The molecule has 0 spiro atoms. The van der Waals surface area contributed by atoms with E-state index in [0.29, 0.717) is 11.6 Å². The number of rotatable bonds is 3. The maximum atomic E-state index is 11.2. The van der Waals surface area contributed by atoms with Crippen molar-refractivity contribution in [2.75, 3.05) is 0 Å². The lowest BCUT2D eigenvalue weighted by molar-refractivity contribution is 0.0696. The fraction of sp³-hybridized carbons (Fsp3) is 0.400.